The molecular formula is C15H21N3O2. The minimum absolute atomic E-state index is 0.00764. The number of nitrogens with one attached hydrogen (secondary N) is 1. The highest BCUT2D eigenvalue weighted by Gasteiger charge is 2.09. The number of aromatic nitrogens is 1. The maximum absolute atomic E-state index is 5.70. The molecule has 3 N–H and O–H groups in total. The third-order valence-electron chi connectivity index (χ3n) is 3.18. The summed E-state index contributed by atoms with van der Waals surface area (Å²) in [5.41, 5.74) is 8.54. The second kappa shape index (κ2) is 7.19. The standard InChI is InChI=1S/C15H21N3O2/c1-19-10-12(20-2)9-17-15-7-11(8-16)18-14-6-4-3-5-13(14)15/h3-7,12H,8-10,16H2,1-2H3,(H,17,18). The van der Waals surface area contributed by atoms with Gasteiger partial charge in [-0.15, -0.1) is 0 Å². The Balaban J connectivity index is 2.23. The molecule has 0 saturated carbocycles. The van der Waals surface area contributed by atoms with Crippen LogP contribution in [0.25, 0.3) is 10.9 Å². The van der Waals surface area contributed by atoms with Crippen molar-refractivity contribution in [2.24, 2.45) is 5.73 Å². The van der Waals surface area contributed by atoms with Gasteiger partial charge in [0, 0.05) is 38.4 Å². The molecule has 0 amide bonds. The molecule has 0 radical (unpaired) electrons. The molecule has 0 spiro atoms. The quantitative estimate of drug-likeness (QED) is 0.806. The zero-order valence-electron chi connectivity index (χ0n) is 11.9. The fourth-order valence-corrected chi connectivity index (χ4v) is 2.10. The van der Waals surface area contributed by atoms with Crippen LogP contribution < -0.4 is 11.1 Å². The lowest BCUT2D eigenvalue weighted by Crippen LogP contribution is -2.26. The molecule has 108 valence electrons. The molecule has 1 atom stereocenters. The van der Waals surface area contributed by atoms with E-state index in [9.17, 15) is 0 Å². The van der Waals surface area contributed by atoms with Crippen LogP contribution >= 0.6 is 0 Å². The van der Waals surface area contributed by atoms with Gasteiger partial charge in [-0.1, -0.05) is 18.2 Å². The van der Waals surface area contributed by atoms with Gasteiger partial charge < -0.3 is 20.5 Å². The predicted octanol–water partition coefficient (Wildman–Crippen LogP) is 1.77. The van der Waals surface area contributed by atoms with E-state index in [0.717, 1.165) is 22.3 Å². The van der Waals surface area contributed by atoms with Crippen molar-refractivity contribution in [1.82, 2.24) is 4.98 Å². The summed E-state index contributed by atoms with van der Waals surface area (Å²) in [4.78, 5) is 4.52. The lowest BCUT2D eigenvalue weighted by molar-refractivity contribution is 0.0366. The molecule has 0 fully saturated rings. The molecule has 1 unspecified atom stereocenters. The number of hydrogen-bond donors (Lipinski definition) is 2. The minimum Gasteiger partial charge on any atom is -0.382 e. The molecule has 2 rings (SSSR count). The molecule has 0 bridgehead atoms. The Morgan fingerprint density at radius 2 is 2.10 bits per heavy atom. The van der Waals surface area contributed by atoms with Crippen LogP contribution in [-0.4, -0.2) is 38.5 Å². The first-order valence-electron chi connectivity index (χ1n) is 6.62. The normalized spacial score (nSPS) is 12.6. The molecule has 0 saturated heterocycles. The first kappa shape index (κ1) is 14.7. The van der Waals surface area contributed by atoms with Gasteiger partial charge in [-0.3, -0.25) is 4.98 Å². The molecule has 0 aliphatic carbocycles. The van der Waals surface area contributed by atoms with E-state index < -0.39 is 0 Å². The van der Waals surface area contributed by atoms with Crippen molar-refractivity contribution < 1.29 is 9.47 Å². The Labute approximate surface area is 119 Å². The molecule has 1 heterocycles. The van der Waals surface area contributed by atoms with Crippen LogP contribution in [0.15, 0.2) is 30.3 Å². The summed E-state index contributed by atoms with van der Waals surface area (Å²) >= 11 is 0. The predicted molar refractivity (Wildman–Crippen MR) is 80.8 cm³/mol. The number of pyridine rings is 1. The summed E-state index contributed by atoms with van der Waals surface area (Å²) < 4.78 is 10.5. The highest BCUT2D eigenvalue weighted by Crippen LogP contribution is 2.23. The van der Waals surface area contributed by atoms with Crippen molar-refractivity contribution in [1.29, 1.82) is 0 Å². The van der Waals surface area contributed by atoms with Gasteiger partial charge in [-0.25, -0.2) is 0 Å². The number of ether oxygens (including phenoxy) is 2. The van der Waals surface area contributed by atoms with Crippen LogP contribution in [0.2, 0.25) is 0 Å². The van der Waals surface area contributed by atoms with Crippen LogP contribution in [0.1, 0.15) is 5.69 Å². The molecule has 0 aliphatic rings. The number of para-hydroxylation sites is 1. The molecule has 1 aromatic carbocycles. The Hall–Kier alpha value is -1.69. The highest BCUT2D eigenvalue weighted by molar-refractivity contribution is 5.91. The topological polar surface area (TPSA) is 69.4 Å². The smallest absolute Gasteiger partial charge is 0.0976 e. The summed E-state index contributed by atoms with van der Waals surface area (Å²) in [6, 6.07) is 10.00. The average Bonchev–Trinajstić information content (AvgIpc) is 2.50. The number of fused-ring (bicyclic) bond motifs is 1. The van der Waals surface area contributed by atoms with Crippen molar-refractivity contribution in [2.45, 2.75) is 12.6 Å². The number of nitrogens with two attached hydrogens (primary N) is 1. The molecule has 0 aliphatic heterocycles. The second-order valence-corrected chi connectivity index (χ2v) is 4.58. The number of anilines is 1. The molecular weight excluding hydrogens is 254 g/mol. The summed E-state index contributed by atoms with van der Waals surface area (Å²) in [6.07, 6.45) is 0.00764. The fraction of sp³-hybridized carbons (Fsp3) is 0.400. The average molecular weight is 275 g/mol. The van der Waals surface area contributed by atoms with E-state index in [1.807, 2.05) is 30.3 Å². The van der Waals surface area contributed by atoms with E-state index in [0.29, 0.717) is 19.7 Å². The number of rotatable bonds is 7. The third-order valence-corrected chi connectivity index (χ3v) is 3.18. The number of benzene rings is 1. The SMILES string of the molecule is COCC(CNc1cc(CN)nc2ccccc12)OC. The minimum atomic E-state index is 0.00764. The lowest BCUT2D eigenvalue weighted by Gasteiger charge is -2.17. The van der Waals surface area contributed by atoms with Gasteiger partial charge in [-0.05, 0) is 12.1 Å². The van der Waals surface area contributed by atoms with Crippen LogP contribution in [0.4, 0.5) is 5.69 Å². The van der Waals surface area contributed by atoms with Crippen LogP contribution in [-0.2, 0) is 16.0 Å². The van der Waals surface area contributed by atoms with Gasteiger partial charge in [0.05, 0.1) is 23.9 Å². The van der Waals surface area contributed by atoms with E-state index >= 15 is 0 Å². The van der Waals surface area contributed by atoms with Gasteiger partial charge in [0.2, 0.25) is 0 Å². The third kappa shape index (κ3) is 3.45. The Morgan fingerprint density at radius 3 is 2.80 bits per heavy atom. The fourth-order valence-electron chi connectivity index (χ4n) is 2.10. The van der Waals surface area contributed by atoms with Crippen LogP contribution in [0.3, 0.4) is 0 Å². The molecule has 5 nitrogen and oxygen atoms in total. The van der Waals surface area contributed by atoms with E-state index in [1.54, 1.807) is 14.2 Å². The van der Waals surface area contributed by atoms with E-state index in [2.05, 4.69) is 10.3 Å². The number of nitrogens with zero attached hydrogens (tertiary/aromatic N) is 1. The summed E-state index contributed by atoms with van der Waals surface area (Å²) in [5.74, 6) is 0. The number of hydrogen-bond acceptors (Lipinski definition) is 5. The highest BCUT2D eigenvalue weighted by atomic mass is 16.5. The maximum atomic E-state index is 5.70. The van der Waals surface area contributed by atoms with Crippen molar-refractivity contribution in [3.63, 3.8) is 0 Å². The molecule has 2 aromatic rings. The zero-order valence-corrected chi connectivity index (χ0v) is 11.9. The first-order chi connectivity index (χ1) is 9.78. The summed E-state index contributed by atoms with van der Waals surface area (Å²) in [7, 11) is 3.35. The maximum Gasteiger partial charge on any atom is 0.0976 e. The van der Waals surface area contributed by atoms with Gasteiger partial charge in [-0.2, -0.15) is 0 Å². The van der Waals surface area contributed by atoms with Crippen LogP contribution in [0.5, 0.6) is 0 Å². The van der Waals surface area contributed by atoms with Crippen molar-refractivity contribution in [2.75, 3.05) is 32.7 Å². The zero-order chi connectivity index (χ0) is 14.4. The summed E-state index contributed by atoms with van der Waals surface area (Å²) in [6.45, 7) is 1.64. The first-order valence-corrected chi connectivity index (χ1v) is 6.62. The van der Waals surface area contributed by atoms with Gasteiger partial charge in [0.25, 0.3) is 0 Å². The van der Waals surface area contributed by atoms with E-state index in [-0.39, 0.29) is 6.10 Å². The van der Waals surface area contributed by atoms with Crippen LogP contribution in [0, 0.1) is 0 Å². The lowest BCUT2D eigenvalue weighted by atomic mass is 10.1. The van der Waals surface area contributed by atoms with E-state index in [1.165, 1.54) is 0 Å². The second-order valence-electron chi connectivity index (χ2n) is 4.58. The molecule has 1 aromatic heterocycles. The Bertz CT molecular complexity index is 560. The van der Waals surface area contributed by atoms with Gasteiger partial charge in [0.1, 0.15) is 0 Å². The van der Waals surface area contributed by atoms with Crippen molar-refractivity contribution in [3.8, 4) is 0 Å². The van der Waals surface area contributed by atoms with Crippen molar-refractivity contribution in [3.05, 3.63) is 36.0 Å². The Kier molecular flexibility index (Phi) is 5.29. The van der Waals surface area contributed by atoms with Gasteiger partial charge >= 0.3 is 0 Å². The van der Waals surface area contributed by atoms with E-state index in [4.69, 9.17) is 15.2 Å². The number of methoxy groups -OCH3 is 2. The van der Waals surface area contributed by atoms with Crippen molar-refractivity contribution >= 4 is 16.6 Å². The molecule has 5 heteroatoms. The monoisotopic (exact) mass is 275 g/mol. The Morgan fingerprint density at radius 1 is 1.30 bits per heavy atom. The summed E-state index contributed by atoms with van der Waals surface area (Å²) in [5, 5.41) is 4.48. The molecule has 20 heavy (non-hydrogen) atoms. The largest absolute Gasteiger partial charge is 0.382 e. The van der Waals surface area contributed by atoms with Gasteiger partial charge in [0.15, 0.2) is 0 Å².